The minimum atomic E-state index is -1.80. The van der Waals surface area contributed by atoms with Crippen molar-refractivity contribution in [3.8, 4) is 0 Å². The van der Waals surface area contributed by atoms with Crippen LogP contribution in [-0.4, -0.2) is 81.2 Å². The summed E-state index contributed by atoms with van der Waals surface area (Å²) in [5.74, 6) is -7.34. The summed E-state index contributed by atoms with van der Waals surface area (Å²) < 4.78 is 0. The van der Waals surface area contributed by atoms with Gasteiger partial charge in [-0.3, -0.25) is 24.0 Å². The standard InChI is InChI=1S/C17H29N5O9/c1-6(2)12(21-14(27)8(18)4-10(19)24)15(28)22-13(7(3)23)16(29)20-9(17(30)31)5-11(25)26/h6-9,12-13,23H,4-5,18H2,1-3H3,(H2,19,24)(H,20,29)(H,21,27)(H,22,28)(H,25,26)(H,30,31). The summed E-state index contributed by atoms with van der Waals surface area (Å²) >= 11 is 0. The average Bonchev–Trinajstić information content (AvgIpc) is 2.61. The van der Waals surface area contributed by atoms with Crippen molar-refractivity contribution >= 4 is 35.6 Å². The number of carboxylic acid groups (broad SMARTS) is 2. The Hall–Kier alpha value is -3.26. The molecule has 0 radical (unpaired) electrons. The Morgan fingerprint density at radius 1 is 0.806 bits per heavy atom. The molecular weight excluding hydrogens is 418 g/mol. The Kier molecular flexibility index (Phi) is 11.1. The molecule has 0 fully saturated rings. The summed E-state index contributed by atoms with van der Waals surface area (Å²) in [4.78, 5) is 69.9. The van der Waals surface area contributed by atoms with Gasteiger partial charge in [0.2, 0.25) is 23.6 Å². The van der Waals surface area contributed by atoms with Gasteiger partial charge in [-0.2, -0.15) is 0 Å². The Morgan fingerprint density at radius 2 is 1.29 bits per heavy atom. The lowest BCUT2D eigenvalue weighted by molar-refractivity contribution is -0.148. The molecule has 14 heteroatoms. The summed E-state index contributed by atoms with van der Waals surface area (Å²) in [6, 6.07) is -5.99. The van der Waals surface area contributed by atoms with Crippen LogP contribution in [0.5, 0.6) is 0 Å². The number of amides is 4. The second-order valence-electron chi connectivity index (χ2n) is 7.23. The van der Waals surface area contributed by atoms with Gasteiger partial charge in [0.1, 0.15) is 18.1 Å². The van der Waals surface area contributed by atoms with Crippen LogP contribution < -0.4 is 27.4 Å². The highest BCUT2D eigenvalue weighted by molar-refractivity contribution is 5.95. The normalized spacial score (nSPS) is 15.7. The number of hydrogen-bond donors (Lipinski definition) is 8. The zero-order valence-corrected chi connectivity index (χ0v) is 17.3. The van der Waals surface area contributed by atoms with Crippen molar-refractivity contribution in [3.63, 3.8) is 0 Å². The van der Waals surface area contributed by atoms with Gasteiger partial charge >= 0.3 is 11.9 Å². The van der Waals surface area contributed by atoms with Gasteiger partial charge in [0, 0.05) is 0 Å². The van der Waals surface area contributed by atoms with E-state index in [1.807, 2.05) is 5.32 Å². The highest BCUT2D eigenvalue weighted by atomic mass is 16.4. The second-order valence-corrected chi connectivity index (χ2v) is 7.23. The first-order valence-electron chi connectivity index (χ1n) is 9.25. The van der Waals surface area contributed by atoms with E-state index in [-0.39, 0.29) is 0 Å². The maximum Gasteiger partial charge on any atom is 0.326 e. The molecule has 0 aliphatic carbocycles. The monoisotopic (exact) mass is 447 g/mol. The van der Waals surface area contributed by atoms with Crippen LogP contribution in [0, 0.1) is 5.92 Å². The number of carboxylic acids is 2. The van der Waals surface area contributed by atoms with Gasteiger partial charge in [-0.15, -0.1) is 0 Å². The summed E-state index contributed by atoms with van der Waals surface area (Å²) in [6.07, 6.45) is -2.88. The fourth-order valence-corrected chi connectivity index (χ4v) is 2.39. The molecule has 31 heavy (non-hydrogen) atoms. The largest absolute Gasteiger partial charge is 0.481 e. The SMILES string of the molecule is CC(C)C(NC(=O)C(N)CC(N)=O)C(=O)NC(C(=O)NC(CC(=O)O)C(=O)O)C(C)O. The third kappa shape index (κ3) is 9.86. The number of carbonyl (C=O) groups excluding carboxylic acids is 4. The van der Waals surface area contributed by atoms with Crippen LogP contribution >= 0.6 is 0 Å². The highest BCUT2D eigenvalue weighted by Crippen LogP contribution is 2.06. The van der Waals surface area contributed by atoms with Crippen LogP contribution in [0.4, 0.5) is 0 Å². The number of aliphatic hydroxyl groups is 1. The number of aliphatic hydroxyl groups excluding tert-OH is 1. The molecule has 0 aliphatic rings. The fraction of sp³-hybridized carbons (Fsp3) is 0.647. The summed E-state index contributed by atoms with van der Waals surface area (Å²) in [5.41, 5.74) is 10.5. The minimum Gasteiger partial charge on any atom is -0.481 e. The summed E-state index contributed by atoms with van der Waals surface area (Å²) in [7, 11) is 0. The molecule has 14 nitrogen and oxygen atoms in total. The van der Waals surface area contributed by atoms with Crippen molar-refractivity contribution in [3.05, 3.63) is 0 Å². The lowest BCUT2D eigenvalue weighted by Crippen LogP contribution is -2.61. The van der Waals surface area contributed by atoms with Crippen LogP contribution in [0.25, 0.3) is 0 Å². The molecule has 5 unspecified atom stereocenters. The number of nitrogens with one attached hydrogen (secondary N) is 3. The van der Waals surface area contributed by atoms with Gasteiger partial charge in [0.15, 0.2) is 0 Å². The van der Waals surface area contributed by atoms with E-state index >= 15 is 0 Å². The van der Waals surface area contributed by atoms with Crippen molar-refractivity contribution in [2.24, 2.45) is 17.4 Å². The first-order chi connectivity index (χ1) is 14.2. The van der Waals surface area contributed by atoms with Gasteiger partial charge in [0.05, 0.1) is 25.0 Å². The van der Waals surface area contributed by atoms with Crippen LogP contribution in [0.15, 0.2) is 0 Å². The number of carbonyl (C=O) groups is 6. The minimum absolute atomic E-state index is 0.461. The van der Waals surface area contributed by atoms with Gasteiger partial charge < -0.3 is 42.7 Å². The number of nitrogens with two attached hydrogens (primary N) is 2. The molecule has 10 N–H and O–H groups in total. The quantitative estimate of drug-likeness (QED) is 0.137. The Balaban J connectivity index is 5.38. The molecule has 0 saturated heterocycles. The summed E-state index contributed by atoms with van der Waals surface area (Å²) in [5, 5.41) is 34.1. The van der Waals surface area contributed by atoms with Gasteiger partial charge in [-0.05, 0) is 12.8 Å². The molecule has 5 atom stereocenters. The topological polar surface area (TPSA) is 251 Å². The van der Waals surface area contributed by atoms with Crippen molar-refractivity contribution in [2.75, 3.05) is 0 Å². The molecule has 0 heterocycles. The molecular formula is C17H29N5O9. The predicted molar refractivity (Wildman–Crippen MR) is 104 cm³/mol. The van der Waals surface area contributed by atoms with Crippen LogP contribution in [0.1, 0.15) is 33.6 Å². The van der Waals surface area contributed by atoms with E-state index < -0.39 is 84.6 Å². The molecule has 0 spiro atoms. The fourth-order valence-electron chi connectivity index (χ4n) is 2.39. The first kappa shape index (κ1) is 27.7. The molecule has 0 aliphatic heterocycles. The lowest BCUT2D eigenvalue weighted by Gasteiger charge is -2.27. The van der Waals surface area contributed by atoms with Crippen LogP contribution in [0.3, 0.4) is 0 Å². The smallest absolute Gasteiger partial charge is 0.326 e. The number of primary amides is 1. The average molecular weight is 447 g/mol. The van der Waals surface area contributed by atoms with Gasteiger partial charge in [0.25, 0.3) is 0 Å². The van der Waals surface area contributed by atoms with Crippen LogP contribution in [-0.2, 0) is 28.8 Å². The maximum atomic E-state index is 12.6. The van der Waals surface area contributed by atoms with E-state index in [0.29, 0.717) is 0 Å². The van der Waals surface area contributed by atoms with Crippen molar-refractivity contribution in [1.29, 1.82) is 0 Å². The zero-order valence-electron chi connectivity index (χ0n) is 17.3. The molecule has 176 valence electrons. The van der Waals surface area contributed by atoms with Crippen molar-refractivity contribution in [1.82, 2.24) is 16.0 Å². The van der Waals surface area contributed by atoms with Gasteiger partial charge in [-0.25, -0.2) is 4.79 Å². The maximum absolute atomic E-state index is 12.6. The van der Waals surface area contributed by atoms with Crippen LogP contribution in [0.2, 0.25) is 0 Å². The second kappa shape index (κ2) is 12.4. The van der Waals surface area contributed by atoms with Gasteiger partial charge in [-0.1, -0.05) is 13.8 Å². The van der Waals surface area contributed by atoms with E-state index in [2.05, 4.69) is 10.6 Å². The van der Waals surface area contributed by atoms with E-state index in [4.69, 9.17) is 21.7 Å². The first-order valence-corrected chi connectivity index (χ1v) is 9.25. The van der Waals surface area contributed by atoms with E-state index in [1.54, 1.807) is 13.8 Å². The third-order valence-electron chi connectivity index (χ3n) is 4.06. The predicted octanol–water partition coefficient (Wildman–Crippen LogP) is -3.76. The Morgan fingerprint density at radius 3 is 1.68 bits per heavy atom. The zero-order chi connectivity index (χ0) is 24.5. The van der Waals surface area contributed by atoms with Crippen molar-refractivity contribution in [2.45, 2.75) is 63.9 Å². The highest BCUT2D eigenvalue weighted by Gasteiger charge is 2.34. The Bertz CT molecular complexity index is 710. The molecule has 4 amide bonds. The lowest BCUT2D eigenvalue weighted by atomic mass is 10.0. The molecule has 0 rings (SSSR count). The third-order valence-corrected chi connectivity index (χ3v) is 4.06. The summed E-state index contributed by atoms with van der Waals surface area (Å²) in [6.45, 7) is 4.27. The van der Waals surface area contributed by atoms with E-state index in [0.717, 1.165) is 6.92 Å². The van der Waals surface area contributed by atoms with E-state index in [9.17, 15) is 33.9 Å². The number of rotatable bonds is 13. The molecule has 0 bridgehead atoms. The van der Waals surface area contributed by atoms with E-state index in [1.165, 1.54) is 0 Å². The molecule has 0 aromatic rings. The van der Waals surface area contributed by atoms with Crippen molar-refractivity contribution < 1.29 is 44.1 Å². The number of aliphatic carboxylic acids is 2. The Labute approximate surface area is 177 Å². The molecule has 0 aromatic carbocycles. The number of hydrogen-bond acceptors (Lipinski definition) is 8. The molecule has 0 saturated carbocycles. The molecule has 0 aromatic heterocycles.